The molecule has 0 fully saturated rings. The van der Waals surface area contributed by atoms with E-state index in [0.717, 1.165) is 0 Å². The maximum Gasteiger partial charge on any atom is 0.357 e. The van der Waals surface area contributed by atoms with Gasteiger partial charge in [0.1, 0.15) is 11.9 Å². The van der Waals surface area contributed by atoms with Crippen molar-refractivity contribution in [1.82, 2.24) is 0 Å². The molecule has 0 aromatic heterocycles. The van der Waals surface area contributed by atoms with E-state index in [1.807, 2.05) is 0 Å². The summed E-state index contributed by atoms with van der Waals surface area (Å²) in [6.45, 7) is 0. The maximum absolute atomic E-state index is 9.89. The van der Waals surface area contributed by atoms with Gasteiger partial charge in [-0.2, -0.15) is 0 Å². The van der Waals surface area contributed by atoms with Crippen LogP contribution in [0.2, 0.25) is 0 Å². The second-order valence-corrected chi connectivity index (χ2v) is 1.95. The van der Waals surface area contributed by atoms with Crippen molar-refractivity contribution >= 4 is 41.0 Å². The first-order valence-electron chi connectivity index (χ1n) is 1.29. The Labute approximate surface area is 55.5 Å². The monoisotopic (exact) mass is 162 g/mol. The molecular formula is C2HCl3O2. The molecule has 5 heteroatoms. The first-order chi connectivity index (χ1) is 3.18. The molecule has 0 heterocycles. The predicted molar refractivity (Wildman–Crippen MR) is 27.4 cm³/mol. The van der Waals surface area contributed by atoms with E-state index < -0.39 is 10.8 Å². The van der Waals surface area contributed by atoms with Crippen LogP contribution in [-0.2, 0) is 9.08 Å². The molecule has 2 nitrogen and oxygen atoms in total. The number of hydrogen-bond acceptors (Lipinski definition) is 2. The quantitative estimate of drug-likeness (QED) is 0.548. The Kier molecular flexibility index (Phi) is 3.52. The highest BCUT2D eigenvalue weighted by atomic mass is 35.5. The van der Waals surface area contributed by atoms with Gasteiger partial charge in [0.05, 0.1) is 0 Å². The summed E-state index contributed by atoms with van der Waals surface area (Å²) in [5.41, 5.74) is 0. The normalized spacial score (nSPS) is 9.14. The molecule has 0 spiro atoms. The van der Waals surface area contributed by atoms with E-state index >= 15 is 0 Å². The van der Waals surface area contributed by atoms with Gasteiger partial charge in [0.15, 0.2) is 0 Å². The van der Waals surface area contributed by atoms with Crippen LogP contribution in [0, 0.1) is 0 Å². The summed E-state index contributed by atoms with van der Waals surface area (Å²) in [4.78, 5) is 8.71. The lowest BCUT2D eigenvalue weighted by Gasteiger charge is -1.90. The Bertz CT molecular complexity index is 71.3. The molecule has 0 atom stereocenters. The van der Waals surface area contributed by atoms with E-state index in [1.54, 1.807) is 0 Å². The molecule has 7 heavy (non-hydrogen) atoms. The fourth-order valence-corrected chi connectivity index (χ4v) is 0.303. The van der Waals surface area contributed by atoms with Crippen molar-refractivity contribution in [2.45, 2.75) is 4.84 Å². The third-order valence-corrected chi connectivity index (χ3v) is 0.763. The molecule has 0 rings (SSSR count). The lowest BCUT2D eigenvalue weighted by Crippen LogP contribution is -2.05. The highest BCUT2D eigenvalue weighted by Crippen LogP contribution is 2.03. The van der Waals surface area contributed by atoms with Crippen molar-refractivity contribution in [3.8, 4) is 0 Å². The van der Waals surface area contributed by atoms with E-state index in [-0.39, 0.29) is 0 Å². The molecule has 0 N–H and O–H groups in total. The third kappa shape index (κ3) is 2.97. The molecule has 0 aliphatic rings. The summed E-state index contributed by atoms with van der Waals surface area (Å²) in [5.74, 6) is -0.856. The molecule has 0 saturated carbocycles. The van der Waals surface area contributed by atoms with Gasteiger partial charge in [-0.25, -0.2) is 4.79 Å². The molecule has 0 aliphatic heterocycles. The Hall–Kier alpha value is 0.340. The van der Waals surface area contributed by atoms with Gasteiger partial charge in [-0.05, 0) is 0 Å². The van der Waals surface area contributed by atoms with Crippen LogP contribution >= 0.6 is 35.1 Å². The highest BCUT2D eigenvalue weighted by molar-refractivity contribution is 6.53. The molecule has 0 unspecified atom stereocenters. The van der Waals surface area contributed by atoms with Crippen LogP contribution in [-0.4, -0.2) is 10.8 Å². The van der Waals surface area contributed by atoms with Crippen LogP contribution in [0.1, 0.15) is 0 Å². The summed E-state index contributed by atoms with van der Waals surface area (Å²) >= 11 is 14.4. The predicted octanol–water partition coefficient (Wildman–Crippen LogP) is 1.49. The Morgan fingerprint density at radius 2 is 2.00 bits per heavy atom. The summed E-state index contributed by atoms with van der Waals surface area (Å²) < 4.78 is 3.58. The van der Waals surface area contributed by atoms with Crippen LogP contribution in [0.3, 0.4) is 0 Å². The minimum Gasteiger partial charge on any atom is -0.345 e. The van der Waals surface area contributed by atoms with Crippen LogP contribution in [0.5, 0.6) is 0 Å². The van der Waals surface area contributed by atoms with E-state index in [2.05, 4.69) is 16.2 Å². The zero-order valence-electron chi connectivity index (χ0n) is 3.03. The Morgan fingerprint density at radius 3 is 2.00 bits per heavy atom. The average Bonchev–Trinajstić information content (AvgIpc) is 1.65. The van der Waals surface area contributed by atoms with E-state index in [1.165, 1.54) is 0 Å². The number of carbonyl (C=O) groups is 1. The molecule has 0 bridgehead atoms. The molecule has 0 aromatic carbocycles. The second-order valence-electron chi connectivity index (χ2n) is 0.697. The number of carbonyl (C=O) groups excluding carboxylic acids is 1. The van der Waals surface area contributed by atoms with Gasteiger partial charge in [-0.3, -0.25) is 0 Å². The maximum atomic E-state index is 9.89. The average molecular weight is 163 g/mol. The van der Waals surface area contributed by atoms with Gasteiger partial charge in [-0.1, -0.05) is 23.2 Å². The molecule has 0 aliphatic carbocycles. The summed E-state index contributed by atoms with van der Waals surface area (Å²) in [6, 6.07) is 0. The highest BCUT2D eigenvalue weighted by Gasteiger charge is 2.10. The van der Waals surface area contributed by atoms with Gasteiger partial charge >= 0.3 is 5.97 Å². The third-order valence-electron chi connectivity index (χ3n) is 0.254. The van der Waals surface area contributed by atoms with Crippen LogP contribution in [0.25, 0.3) is 0 Å². The van der Waals surface area contributed by atoms with Gasteiger partial charge in [0.2, 0.25) is 4.84 Å². The lowest BCUT2D eigenvalue weighted by molar-refractivity contribution is -0.131. The van der Waals surface area contributed by atoms with Crippen molar-refractivity contribution in [3.63, 3.8) is 0 Å². The molecule has 0 aromatic rings. The number of hydrogen-bond donors (Lipinski definition) is 0. The Balaban J connectivity index is 3.35. The van der Waals surface area contributed by atoms with Crippen molar-refractivity contribution in [2.24, 2.45) is 0 Å². The van der Waals surface area contributed by atoms with E-state index in [0.29, 0.717) is 0 Å². The van der Waals surface area contributed by atoms with Crippen LogP contribution in [0.4, 0.5) is 0 Å². The van der Waals surface area contributed by atoms with Crippen LogP contribution in [0.15, 0.2) is 0 Å². The zero-order chi connectivity index (χ0) is 5.86. The second kappa shape index (κ2) is 3.36. The van der Waals surface area contributed by atoms with Gasteiger partial charge in [0.25, 0.3) is 0 Å². The summed E-state index contributed by atoms with van der Waals surface area (Å²) in [6.07, 6.45) is 0. The molecule has 42 valence electrons. The topological polar surface area (TPSA) is 26.3 Å². The van der Waals surface area contributed by atoms with Crippen molar-refractivity contribution < 1.29 is 9.08 Å². The fourth-order valence-electron chi connectivity index (χ4n) is 0.0337. The molecule has 0 radical (unpaired) electrons. The van der Waals surface area contributed by atoms with Gasteiger partial charge < -0.3 is 4.29 Å². The first-order valence-corrected chi connectivity index (χ1v) is 2.47. The summed E-state index contributed by atoms with van der Waals surface area (Å²) in [5, 5.41) is 0. The van der Waals surface area contributed by atoms with Gasteiger partial charge in [0, 0.05) is 0 Å². The van der Waals surface area contributed by atoms with Gasteiger partial charge in [-0.15, -0.1) is 0 Å². The van der Waals surface area contributed by atoms with E-state index in [4.69, 9.17) is 23.2 Å². The smallest absolute Gasteiger partial charge is 0.345 e. The number of rotatable bonds is 1. The Morgan fingerprint density at radius 1 is 1.57 bits per heavy atom. The van der Waals surface area contributed by atoms with E-state index in [9.17, 15) is 4.79 Å². The minimum absolute atomic E-state index is 0.856. The molecular weight excluding hydrogens is 162 g/mol. The van der Waals surface area contributed by atoms with Crippen LogP contribution < -0.4 is 0 Å². The number of halogens is 3. The standard InChI is InChI=1S/C2HCl3O2/c3-1(4)2(6)7-5/h1H. The zero-order valence-corrected chi connectivity index (χ0v) is 5.30. The largest absolute Gasteiger partial charge is 0.357 e. The minimum atomic E-state index is -1.18. The molecule has 0 amide bonds. The summed E-state index contributed by atoms with van der Waals surface area (Å²) in [7, 11) is 0. The SMILES string of the molecule is O=C(OCl)C(Cl)Cl. The van der Waals surface area contributed by atoms with Crippen molar-refractivity contribution in [1.29, 1.82) is 0 Å². The molecule has 0 saturated heterocycles. The first kappa shape index (κ1) is 7.34. The number of alkyl halides is 2. The van der Waals surface area contributed by atoms with Crippen molar-refractivity contribution in [2.75, 3.05) is 0 Å². The lowest BCUT2D eigenvalue weighted by atomic mass is 10.8. The fraction of sp³-hybridized carbons (Fsp3) is 0.500. The van der Waals surface area contributed by atoms with Crippen molar-refractivity contribution in [3.05, 3.63) is 0 Å².